The van der Waals surface area contributed by atoms with Crippen LogP contribution >= 0.6 is 0 Å². The summed E-state index contributed by atoms with van der Waals surface area (Å²) in [6.45, 7) is 0.276. The molecule has 5 heteroatoms. The van der Waals surface area contributed by atoms with Crippen molar-refractivity contribution in [3.05, 3.63) is 0 Å². The Hall–Kier alpha value is -1.10. The smallest absolute Gasteiger partial charge is 0.306 e. The Morgan fingerprint density at radius 3 is 2.56 bits per heavy atom. The summed E-state index contributed by atoms with van der Waals surface area (Å²) in [5.41, 5.74) is 0. The van der Waals surface area contributed by atoms with Crippen LogP contribution in [0.5, 0.6) is 0 Å². The molecule has 0 saturated heterocycles. The summed E-state index contributed by atoms with van der Waals surface area (Å²) < 4.78 is 4.98. The number of hydrogen-bond donors (Lipinski definition) is 2. The summed E-state index contributed by atoms with van der Waals surface area (Å²) in [5, 5.41) is 11.4. The number of methoxy groups -OCH3 is 1. The number of carboxylic acid groups (broad SMARTS) is 1. The van der Waals surface area contributed by atoms with E-state index in [0.29, 0.717) is 0 Å². The van der Waals surface area contributed by atoms with Crippen molar-refractivity contribution in [1.29, 1.82) is 0 Å². The van der Waals surface area contributed by atoms with E-state index in [-0.39, 0.29) is 24.8 Å². The molecule has 0 bridgehead atoms. The summed E-state index contributed by atoms with van der Waals surface area (Å²) in [6, 6.07) is 0. The van der Waals surface area contributed by atoms with Crippen LogP contribution in [0.15, 0.2) is 0 Å². The van der Waals surface area contributed by atoms with Crippen LogP contribution in [-0.4, -0.2) is 36.7 Å². The molecule has 2 N–H and O–H groups in total. The molecule has 1 unspecified atom stereocenters. The topological polar surface area (TPSA) is 75.6 Å². The number of nitrogens with one attached hydrogen (secondary N) is 1. The molecule has 1 rings (SSSR count). The highest BCUT2D eigenvalue weighted by Gasteiger charge is 2.23. The van der Waals surface area contributed by atoms with Gasteiger partial charge in [0.25, 0.3) is 0 Å². The Labute approximate surface area is 95.2 Å². The monoisotopic (exact) mass is 229 g/mol. The number of aliphatic carboxylic acids is 1. The molecule has 1 aliphatic rings. The lowest BCUT2D eigenvalue weighted by molar-refractivity contribution is -0.140. The van der Waals surface area contributed by atoms with Gasteiger partial charge in [-0.2, -0.15) is 0 Å². The normalized spacial score (nSPS) is 18.3. The number of hydrogen-bond acceptors (Lipinski definition) is 3. The lowest BCUT2D eigenvalue weighted by Crippen LogP contribution is -2.37. The van der Waals surface area contributed by atoms with E-state index in [2.05, 4.69) is 5.32 Å². The van der Waals surface area contributed by atoms with E-state index in [1.807, 2.05) is 0 Å². The van der Waals surface area contributed by atoms with Gasteiger partial charge in [-0.05, 0) is 12.8 Å². The first-order valence-corrected chi connectivity index (χ1v) is 5.65. The second-order valence-electron chi connectivity index (χ2n) is 4.18. The van der Waals surface area contributed by atoms with Crippen molar-refractivity contribution in [3.63, 3.8) is 0 Å². The molecule has 5 nitrogen and oxygen atoms in total. The molecule has 0 aromatic heterocycles. The maximum absolute atomic E-state index is 11.6. The van der Waals surface area contributed by atoms with Gasteiger partial charge in [-0.15, -0.1) is 0 Å². The minimum absolute atomic E-state index is 0.0324. The third kappa shape index (κ3) is 4.18. The Morgan fingerprint density at radius 1 is 1.44 bits per heavy atom. The van der Waals surface area contributed by atoms with Gasteiger partial charge in [0.1, 0.15) is 0 Å². The Bertz CT molecular complexity index is 248. The van der Waals surface area contributed by atoms with Crippen molar-refractivity contribution in [3.8, 4) is 0 Å². The number of amides is 1. The maximum atomic E-state index is 11.6. The zero-order chi connectivity index (χ0) is 12.0. The van der Waals surface area contributed by atoms with Gasteiger partial charge in [0, 0.05) is 19.6 Å². The first kappa shape index (κ1) is 13.0. The molecule has 16 heavy (non-hydrogen) atoms. The molecule has 1 saturated carbocycles. The van der Waals surface area contributed by atoms with Crippen LogP contribution in [0, 0.1) is 5.92 Å². The lowest BCUT2D eigenvalue weighted by atomic mass is 10.1. The van der Waals surface area contributed by atoms with Crippen LogP contribution < -0.4 is 5.32 Å². The number of rotatable bonds is 6. The summed E-state index contributed by atoms with van der Waals surface area (Å²) in [5.74, 6) is -0.769. The van der Waals surface area contributed by atoms with Crippen molar-refractivity contribution in [2.24, 2.45) is 5.92 Å². The summed E-state index contributed by atoms with van der Waals surface area (Å²) in [7, 11) is 1.45. The van der Waals surface area contributed by atoms with Gasteiger partial charge in [0.15, 0.2) is 0 Å². The quantitative estimate of drug-likeness (QED) is 0.705. The fourth-order valence-electron chi connectivity index (χ4n) is 1.98. The Balaban J connectivity index is 2.25. The second-order valence-corrected chi connectivity index (χ2v) is 4.18. The minimum atomic E-state index is -0.915. The fourth-order valence-corrected chi connectivity index (χ4v) is 1.98. The van der Waals surface area contributed by atoms with E-state index in [4.69, 9.17) is 9.84 Å². The fraction of sp³-hybridized carbons (Fsp3) is 0.818. The average Bonchev–Trinajstić information content (AvgIpc) is 2.76. The van der Waals surface area contributed by atoms with E-state index >= 15 is 0 Å². The highest BCUT2D eigenvalue weighted by molar-refractivity contribution is 5.79. The van der Waals surface area contributed by atoms with E-state index in [1.54, 1.807) is 0 Å². The van der Waals surface area contributed by atoms with Crippen LogP contribution in [0.3, 0.4) is 0 Å². The summed E-state index contributed by atoms with van der Waals surface area (Å²) in [6.07, 6.45) is 3.59. The van der Waals surface area contributed by atoms with Crippen LogP contribution in [0.1, 0.15) is 32.1 Å². The van der Waals surface area contributed by atoms with E-state index in [9.17, 15) is 9.59 Å². The van der Waals surface area contributed by atoms with E-state index < -0.39 is 12.1 Å². The molecule has 0 spiro atoms. The van der Waals surface area contributed by atoms with E-state index in [0.717, 1.165) is 25.7 Å². The first-order valence-electron chi connectivity index (χ1n) is 5.65. The molecule has 0 aliphatic heterocycles. The lowest BCUT2D eigenvalue weighted by Gasteiger charge is -2.16. The first-order chi connectivity index (χ1) is 7.63. The molecule has 0 aromatic carbocycles. The standard InChI is InChI=1S/C11H19NO4/c1-16-9(6-10(13)14)7-12-11(15)8-4-2-3-5-8/h8-9H,2-7H2,1H3,(H,12,15)(H,13,14). The highest BCUT2D eigenvalue weighted by Crippen LogP contribution is 2.24. The number of carbonyl (C=O) groups is 2. The van der Waals surface area contributed by atoms with Crippen LogP contribution in [0.25, 0.3) is 0 Å². The van der Waals surface area contributed by atoms with Gasteiger partial charge in [-0.1, -0.05) is 12.8 Å². The molecular formula is C11H19NO4. The van der Waals surface area contributed by atoms with Gasteiger partial charge in [-0.3, -0.25) is 9.59 Å². The Kier molecular flexibility index (Phi) is 5.25. The van der Waals surface area contributed by atoms with Gasteiger partial charge < -0.3 is 15.2 Å². The van der Waals surface area contributed by atoms with Gasteiger partial charge in [-0.25, -0.2) is 0 Å². The van der Waals surface area contributed by atoms with Crippen molar-refractivity contribution in [1.82, 2.24) is 5.32 Å². The molecule has 0 radical (unpaired) electrons. The third-order valence-corrected chi connectivity index (χ3v) is 2.97. The number of carbonyl (C=O) groups excluding carboxylic acids is 1. The van der Waals surface area contributed by atoms with Crippen molar-refractivity contribution in [2.75, 3.05) is 13.7 Å². The molecule has 0 heterocycles. The predicted octanol–water partition coefficient (Wildman–Crippen LogP) is 0.782. The zero-order valence-electron chi connectivity index (χ0n) is 9.57. The van der Waals surface area contributed by atoms with E-state index in [1.165, 1.54) is 7.11 Å². The molecular weight excluding hydrogens is 210 g/mol. The number of ether oxygens (including phenoxy) is 1. The van der Waals surface area contributed by atoms with Crippen LogP contribution in [0.4, 0.5) is 0 Å². The molecule has 92 valence electrons. The maximum Gasteiger partial charge on any atom is 0.306 e. The van der Waals surface area contributed by atoms with Crippen LogP contribution in [0.2, 0.25) is 0 Å². The number of carboxylic acids is 1. The highest BCUT2D eigenvalue weighted by atomic mass is 16.5. The molecule has 0 aromatic rings. The van der Waals surface area contributed by atoms with Crippen molar-refractivity contribution in [2.45, 2.75) is 38.2 Å². The molecule has 1 fully saturated rings. The van der Waals surface area contributed by atoms with Crippen LogP contribution in [-0.2, 0) is 14.3 Å². The van der Waals surface area contributed by atoms with Gasteiger partial charge in [0.2, 0.25) is 5.91 Å². The second kappa shape index (κ2) is 6.48. The Morgan fingerprint density at radius 2 is 2.06 bits per heavy atom. The van der Waals surface area contributed by atoms with Gasteiger partial charge in [0.05, 0.1) is 12.5 Å². The predicted molar refractivity (Wildman–Crippen MR) is 58.0 cm³/mol. The third-order valence-electron chi connectivity index (χ3n) is 2.97. The molecule has 1 amide bonds. The SMILES string of the molecule is COC(CNC(=O)C1CCCC1)CC(=O)O. The zero-order valence-corrected chi connectivity index (χ0v) is 9.57. The summed E-state index contributed by atoms with van der Waals surface area (Å²) in [4.78, 5) is 22.1. The van der Waals surface area contributed by atoms with Crippen molar-refractivity contribution >= 4 is 11.9 Å². The largest absolute Gasteiger partial charge is 0.481 e. The molecule has 1 aliphatic carbocycles. The average molecular weight is 229 g/mol. The summed E-state index contributed by atoms with van der Waals surface area (Å²) >= 11 is 0. The minimum Gasteiger partial charge on any atom is -0.481 e. The molecule has 1 atom stereocenters. The van der Waals surface area contributed by atoms with Gasteiger partial charge >= 0.3 is 5.97 Å². The van der Waals surface area contributed by atoms with Crippen molar-refractivity contribution < 1.29 is 19.4 Å².